The van der Waals surface area contributed by atoms with Crippen LogP contribution < -0.4 is 5.32 Å². The molecule has 0 aliphatic carbocycles. The number of benzene rings is 1. The molecule has 0 fully saturated rings. The van der Waals surface area contributed by atoms with Gasteiger partial charge in [0.15, 0.2) is 0 Å². The van der Waals surface area contributed by atoms with Crippen molar-refractivity contribution >= 4 is 12.0 Å². The summed E-state index contributed by atoms with van der Waals surface area (Å²) in [4.78, 5) is 18.6. The van der Waals surface area contributed by atoms with Gasteiger partial charge in [-0.25, -0.2) is 0 Å². The number of aromatic nitrogens is 1. The number of hydrogen-bond donors (Lipinski definition) is 1. The smallest absolute Gasteiger partial charge is 0.244 e. The maximum absolute atomic E-state index is 12.1. The van der Waals surface area contributed by atoms with Gasteiger partial charge in [0, 0.05) is 43.6 Å². The number of carbonyl (C=O) groups is 1. The van der Waals surface area contributed by atoms with Crippen LogP contribution in [-0.2, 0) is 17.8 Å². The van der Waals surface area contributed by atoms with Crippen LogP contribution in [0.4, 0.5) is 0 Å². The van der Waals surface area contributed by atoms with Gasteiger partial charge in [0.1, 0.15) is 0 Å². The summed E-state index contributed by atoms with van der Waals surface area (Å²) < 4.78 is 0. The number of amides is 1. The van der Waals surface area contributed by atoms with Gasteiger partial charge in [-0.05, 0) is 49.1 Å². The van der Waals surface area contributed by atoms with E-state index >= 15 is 0 Å². The third kappa shape index (κ3) is 4.54. The minimum absolute atomic E-state index is 0.0747. The lowest BCUT2D eigenvalue weighted by molar-refractivity contribution is -0.117. The molecule has 0 radical (unpaired) electrons. The predicted octanol–water partition coefficient (Wildman–Crippen LogP) is 3.05. The molecule has 1 aliphatic heterocycles. The van der Waals surface area contributed by atoms with Crippen molar-refractivity contribution < 1.29 is 4.79 Å². The number of pyridine rings is 1. The Morgan fingerprint density at radius 2 is 2.04 bits per heavy atom. The summed E-state index contributed by atoms with van der Waals surface area (Å²) >= 11 is 0. The van der Waals surface area contributed by atoms with Gasteiger partial charge in [0.2, 0.25) is 5.91 Å². The highest BCUT2D eigenvalue weighted by Crippen LogP contribution is 2.24. The number of carbonyl (C=O) groups excluding carboxylic acids is 1. The fraction of sp³-hybridized carbons (Fsp3) is 0.333. The van der Waals surface area contributed by atoms with Crippen molar-refractivity contribution in [3.63, 3.8) is 0 Å². The summed E-state index contributed by atoms with van der Waals surface area (Å²) in [5.74, 6) is -0.0747. The Balaban J connectivity index is 1.55. The summed E-state index contributed by atoms with van der Waals surface area (Å²) in [6, 6.07) is 12.4. The van der Waals surface area contributed by atoms with Gasteiger partial charge in [-0.2, -0.15) is 0 Å². The van der Waals surface area contributed by atoms with E-state index in [-0.39, 0.29) is 11.4 Å². The molecule has 1 aromatic carbocycles. The van der Waals surface area contributed by atoms with Crippen LogP contribution in [0.1, 0.15) is 30.5 Å². The van der Waals surface area contributed by atoms with Crippen molar-refractivity contribution in [1.82, 2.24) is 15.2 Å². The lowest BCUT2D eigenvalue weighted by atomic mass is 9.94. The van der Waals surface area contributed by atoms with Crippen molar-refractivity contribution in [1.29, 1.82) is 0 Å². The minimum atomic E-state index is -0.0919. The number of fused-ring (bicyclic) bond motifs is 1. The maximum atomic E-state index is 12.1. The van der Waals surface area contributed by atoms with Crippen molar-refractivity contribution in [2.75, 3.05) is 13.1 Å². The molecule has 0 saturated carbocycles. The van der Waals surface area contributed by atoms with Crippen molar-refractivity contribution in [3.8, 4) is 0 Å². The van der Waals surface area contributed by atoms with Gasteiger partial charge < -0.3 is 5.32 Å². The molecule has 1 N–H and O–H groups in total. The molecule has 2 aromatic rings. The molecular weight excluding hydrogens is 310 g/mol. The van der Waals surface area contributed by atoms with Crippen LogP contribution in [0.15, 0.2) is 54.9 Å². The molecular formula is C21H25N3O. The molecule has 25 heavy (non-hydrogen) atoms. The van der Waals surface area contributed by atoms with E-state index in [1.807, 2.05) is 12.1 Å². The fourth-order valence-electron chi connectivity index (χ4n) is 3.13. The first-order chi connectivity index (χ1) is 12.0. The first-order valence-electron chi connectivity index (χ1n) is 8.72. The topological polar surface area (TPSA) is 45.2 Å². The zero-order valence-corrected chi connectivity index (χ0v) is 14.9. The zero-order chi connectivity index (χ0) is 17.7. The van der Waals surface area contributed by atoms with E-state index in [1.165, 1.54) is 11.1 Å². The van der Waals surface area contributed by atoms with Crippen LogP contribution in [-0.4, -0.2) is 34.4 Å². The average molecular weight is 335 g/mol. The van der Waals surface area contributed by atoms with Crippen LogP contribution in [0.2, 0.25) is 0 Å². The summed E-state index contributed by atoms with van der Waals surface area (Å²) in [6.07, 6.45) is 7.87. The fourth-order valence-corrected chi connectivity index (χ4v) is 3.13. The Bertz CT molecular complexity index is 753. The standard InChI is InChI=1S/C21H25N3O/c1-21(2,24-13-11-18-7-3-4-8-19(18)15-24)16-23-20(25)10-9-17-6-5-12-22-14-17/h3-10,12,14H,11,13,15-16H2,1-2H3,(H,23,25). The molecule has 2 heterocycles. The van der Waals surface area contributed by atoms with Gasteiger partial charge in [0.25, 0.3) is 0 Å². The van der Waals surface area contributed by atoms with Gasteiger partial charge in [0.05, 0.1) is 0 Å². The number of rotatable bonds is 5. The molecule has 0 unspecified atom stereocenters. The SMILES string of the molecule is CC(C)(CNC(=O)C=Cc1cccnc1)N1CCc2ccccc2C1. The first-order valence-corrected chi connectivity index (χ1v) is 8.72. The first kappa shape index (κ1) is 17.4. The van der Waals surface area contributed by atoms with E-state index in [1.54, 1.807) is 24.5 Å². The number of hydrogen-bond acceptors (Lipinski definition) is 3. The second-order valence-corrected chi connectivity index (χ2v) is 7.09. The van der Waals surface area contributed by atoms with Crippen molar-refractivity contribution in [3.05, 3.63) is 71.6 Å². The van der Waals surface area contributed by atoms with Gasteiger partial charge in [-0.1, -0.05) is 30.3 Å². The largest absolute Gasteiger partial charge is 0.351 e. The third-order valence-electron chi connectivity index (χ3n) is 4.79. The monoisotopic (exact) mass is 335 g/mol. The van der Waals surface area contributed by atoms with E-state index in [2.05, 4.69) is 53.3 Å². The molecule has 130 valence electrons. The molecule has 4 heteroatoms. The third-order valence-corrected chi connectivity index (χ3v) is 4.79. The highest BCUT2D eigenvalue weighted by molar-refractivity contribution is 5.91. The highest BCUT2D eigenvalue weighted by atomic mass is 16.1. The Morgan fingerprint density at radius 3 is 2.80 bits per heavy atom. The van der Waals surface area contributed by atoms with Crippen molar-refractivity contribution in [2.45, 2.75) is 32.4 Å². The van der Waals surface area contributed by atoms with Crippen LogP contribution in [0.3, 0.4) is 0 Å². The van der Waals surface area contributed by atoms with Crippen LogP contribution in [0.25, 0.3) is 6.08 Å². The molecule has 3 rings (SSSR count). The summed E-state index contributed by atoms with van der Waals surface area (Å²) in [7, 11) is 0. The normalized spacial score (nSPS) is 15.1. The minimum Gasteiger partial charge on any atom is -0.351 e. The second-order valence-electron chi connectivity index (χ2n) is 7.09. The van der Waals surface area contributed by atoms with E-state index < -0.39 is 0 Å². The molecule has 1 aromatic heterocycles. The average Bonchev–Trinajstić information content (AvgIpc) is 2.65. The quantitative estimate of drug-likeness (QED) is 0.854. The Morgan fingerprint density at radius 1 is 1.24 bits per heavy atom. The number of nitrogens with one attached hydrogen (secondary N) is 1. The van der Waals surface area contributed by atoms with E-state index in [9.17, 15) is 4.79 Å². The lowest BCUT2D eigenvalue weighted by Crippen LogP contribution is -2.53. The Kier molecular flexibility index (Phi) is 5.29. The van der Waals surface area contributed by atoms with Crippen molar-refractivity contribution in [2.24, 2.45) is 0 Å². The van der Waals surface area contributed by atoms with Crippen LogP contribution >= 0.6 is 0 Å². The number of nitrogens with zero attached hydrogens (tertiary/aromatic N) is 2. The maximum Gasteiger partial charge on any atom is 0.244 e. The predicted molar refractivity (Wildman–Crippen MR) is 101 cm³/mol. The van der Waals surface area contributed by atoms with Gasteiger partial charge in [-0.3, -0.25) is 14.7 Å². The molecule has 0 bridgehead atoms. The summed E-state index contributed by atoms with van der Waals surface area (Å²) in [6.45, 7) is 6.94. The lowest BCUT2D eigenvalue weighted by Gasteiger charge is -2.41. The Labute approximate surface area is 149 Å². The summed E-state index contributed by atoms with van der Waals surface area (Å²) in [5.41, 5.74) is 3.66. The molecule has 1 amide bonds. The van der Waals surface area contributed by atoms with E-state index in [0.29, 0.717) is 6.54 Å². The zero-order valence-electron chi connectivity index (χ0n) is 14.9. The molecule has 0 saturated heterocycles. The second kappa shape index (κ2) is 7.62. The van der Waals surface area contributed by atoms with Gasteiger partial charge >= 0.3 is 0 Å². The molecule has 0 atom stereocenters. The Hall–Kier alpha value is -2.46. The van der Waals surface area contributed by atoms with Crippen LogP contribution in [0, 0.1) is 0 Å². The molecule has 0 spiro atoms. The summed E-state index contributed by atoms with van der Waals surface area (Å²) in [5, 5.41) is 3.03. The van der Waals surface area contributed by atoms with Gasteiger partial charge in [-0.15, -0.1) is 0 Å². The highest BCUT2D eigenvalue weighted by Gasteiger charge is 2.29. The van der Waals surface area contributed by atoms with E-state index in [0.717, 1.165) is 25.1 Å². The molecule has 1 aliphatic rings. The van der Waals surface area contributed by atoms with E-state index in [4.69, 9.17) is 0 Å². The van der Waals surface area contributed by atoms with Crippen LogP contribution in [0.5, 0.6) is 0 Å². The molecule has 4 nitrogen and oxygen atoms in total.